The van der Waals surface area contributed by atoms with Gasteiger partial charge in [0.25, 0.3) is 0 Å². The molecule has 0 saturated heterocycles. The summed E-state index contributed by atoms with van der Waals surface area (Å²) in [6.45, 7) is 2.17. The van der Waals surface area contributed by atoms with Gasteiger partial charge < -0.3 is 9.80 Å². The summed E-state index contributed by atoms with van der Waals surface area (Å²) in [5.41, 5.74) is 34.8. The molecule has 0 bridgehead atoms. The van der Waals surface area contributed by atoms with E-state index in [-0.39, 0.29) is 0 Å². The Morgan fingerprint density at radius 1 is 0.146 bits per heavy atom. The molecular formula is C121H84N2. The van der Waals surface area contributed by atoms with Crippen molar-refractivity contribution in [1.29, 1.82) is 0 Å². The number of hydrogen-bond acceptors (Lipinski definition) is 2. The van der Waals surface area contributed by atoms with Crippen molar-refractivity contribution in [3.8, 4) is 77.9 Å². The van der Waals surface area contributed by atoms with E-state index in [1.165, 1.54) is 171 Å². The fourth-order valence-corrected chi connectivity index (χ4v) is 20.4. The molecule has 0 unspecified atom stereocenters. The van der Waals surface area contributed by atoms with Crippen molar-refractivity contribution in [2.24, 2.45) is 0 Å². The summed E-state index contributed by atoms with van der Waals surface area (Å²) in [7, 11) is 0. The van der Waals surface area contributed by atoms with Crippen LogP contribution in [0.15, 0.2) is 491 Å². The van der Waals surface area contributed by atoms with E-state index in [4.69, 9.17) is 0 Å². The van der Waals surface area contributed by atoms with Gasteiger partial charge in [-0.3, -0.25) is 0 Å². The fourth-order valence-electron chi connectivity index (χ4n) is 20.4. The molecule has 578 valence electrons. The molecule has 0 spiro atoms. The maximum atomic E-state index is 2.38. The molecule has 2 nitrogen and oxygen atoms in total. The van der Waals surface area contributed by atoms with Crippen LogP contribution in [0.25, 0.3) is 121 Å². The molecule has 0 atom stereocenters. The highest BCUT2D eigenvalue weighted by atomic mass is 15.1. The predicted octanol–water partition coefficient (Wildman–Crippen LogP) is 32.3. The third kappa shape index (κ3) is 12.5. The first kappa shape index (κ1) is 73.6. The smallest absolute Gasteiger partial charge is 0.0713 e. The van der Waals surface area contributed by atoms with E-state index in [0.29, 0.717) is 0 Å². The highest BCUT2D eigenvalue weighted by molar-refractivity contribution is 6.23. The summed E-state index contributed by atoms with van der Waals surface area (Å²) < 4.78 is 0. The van der Waals surface area contributed by atoms with Crippen molar-refractivity contribution in [2.75, 3.05) is 9.80 Å². The molecule has 21 aromatic rings. The topological polar surface area (TPSA) is 6.48 Å². The van der Waals surface area contributed by atoms with Gasteiger partial charge in [-0.2, -0.15) is 0 Å². The second-order valence-corrected chi connectivity index (χ2v) is 32.4. The minimum Gasteiger partial charge on any atom is -0.311 e. The first-order chi connectivity index (χ1) is 61.0. The number of fused-ring (bicyclic) bond motifs is 10. The van der Waals surface area contributed by atoms with Crippen LogP contribution in [0.5, 0.6) is 0 Å². The third-order valence-corrected chi connectivity index (χ3v) is 25.8. The van der Waals surface area contributed by atoms with Crippen LogP contribution in [0.3, 0.4) is 0 Å². The van der Waals surface area contributed by atoms with Gasteiger partial charge in [-0.25, -0.2) is 0 Å². The van der Waals surface area contributed by atoms with Crippen LogP contribution >= 0.6 is 0 Å². The number of hydrogen-bond donors (Lipinski definition) is 0. The Hall–Kier alpha value is -15.7. The fraction of sp³-hybridized carbons (Fsp3) is 0.0248. The van der Waals surface area contributed by atoms with Gasteiger partial charge in [0, 0.05) is 34.1 Å². The summed E-state index contributed by atoms with van der Waals surface area (Å²) in [6.07, 6.45) is 0. The minimum atomic E-state index is -0.498. The van der Waals surface area contributed by atoms with Crippen LogP contribution in [0, 0.1) is 6.92 Å². The van der Waals surface area contributed by atoms with E-state index in [1.807, 2.05) is 0 Å². The van der Waals surface area contributed by atoms with Crippen LogP contribution in [0.1, 0.15) is 50.1 Å². The van der Waals surface area contributed by atoms with Crippen LogP contribution in [-0.2, 0) is 10.8 Å². The number of anilines is 6. The highest BCUT2D eigenvalue weighted by Gasteiger charge is 2.48. The van der Waals surface area contributed by atoms with E-state index < -0.39 is 10.8 Å². The zero-order valence-corrected chi connectivity index (χ0v) is 68.2. The van der Waals surface area contributed by atoms with E-state index >= 15 is 0 Å². The first-order valence-corrected chi connectivity index (χ1v) is 42.7. The Balaban J connectivity index is 0.000000147. The second-order valence-electron chi connectivity index (χ2n) is 32.4. The number of aryl methyl sites for hydroxylation is 1. The lowest BCUT2D eigenvalue weighted by molar-refractivity contribution is 0.768. The highest BCUT2D eigenvalue weighted by Crippen LogP contribution is 2.59. The van der Waals surface area contributed by atoms with E-state index in [9.17, 15) is 0 Å². The molecule has 2 heteroatoms. The van der Waals surface area contributed by atoms with Crippen LogP contribution in [0.4, 0.5) is 34.1 Å². The maximum absolute atomic E-state index is 2.38. The van der Waals surface area contributed by atoms with E-state index in [0.717, 1.165) is 34.1 Å². The first-order valence-electron chi connectivity index (χ1n) is 42.7. The van der Waals surface area contributed by atoms with Crippen LogP contribution < -0.4 is 9.80 Å². The zero-order chi connectivity index (χ0) is 81.8. The Kier molecular flexibility index (Phi) is 18.7. The Labute approximate surface area is 719 Å². The van der Waals surface area contributed by atoms with Gasteiger partial charge in [-0.1, -0.05) is 424 Å². The quantitative estimate of drug-likeness (QED) is 0.0944. The van der Waals surface area contributed by atoms with Crippen molar-refractivity contribution >= 4 is 77.2 Å². The average molecular weight is 1570 g/mol. The number of nitrogens with zero attached hydrogens (tertiary/aromatic N) is 2. The molecule has 123 heavy (non-hydrogen) atoms. The zero-order valence-electron chi connectivity index (χ0n) is 68.2. The van der Waals surface area contributed by atoms with Crippen LogP contribution in [-0.4, -0.2) is 0 Å². The molecule has 0 radical (unpaired) electrons. The molecule has 2 aliphatic rings. The van der Waals surface area contributed by atoms with Gasteiger partial charge in [0.05, 0.1) is 10.8 Å². The van der Waals surface area contributed by atoms with Gasteiger partial charge in [-0.15, -0.1) is 0 Å². The molecular weight excluding hydrogens is 1480 g/mol. The van der Waals surface area contributed by atoms with Crippen molar-refractivity contribution in [3.05, 3.63) is 541 Å². The SMILES string of the molecule is Cc1ccc(C2(c3ccc(N(c4ccccc4)c4ccc(-c5c6ccccc6c(-c6ccccc6)c6ccccc56)cc4)cc3)c3ccccc3-c3ccccc32)cc1.c1ccc(-c2ccc(C3(c4ccc(N(c5ccccc5)c5ccc(-c6c7ccccc7c(-c7ccccc7)c7ccccc67)cc5)cc4)c4ccccc4-c4ccccc43)cc2)cc1. The Morgan fingerprint density at radius 2 is 0.325 bits per heavy atom. The average Bonchev–Trinajstić information content (AvgIpc) is 1.56. The van der Waals surface area contributed by atoms with Gasteiger partial charge in [-0.05, 0) is 245 Å². The van der Waals surface area contributed by atoms with Crippen molar-refractivity contribution < 1.29 is 0 Å². The van der Waals surface area contributed by atoms with Crippen molar-refractivity contribution in [3.63, 3.8) is 0 Å². The van der Waals surface area contributed by atoms with Gasteiger partial charge in [0.2, 0.25) is 0 Å². The molecule has 0 amide bonds. The lowest BCUT2D eigenvalue weighted by atomic mass is 9.67. The summed E-state index contributed by atoms with van der Waals surface area (Å²) in [6, 6.07) is 180. The number of rotatable bonds is 15. The largest absolute Gasteiger partial charge is 0.311 e. The van der Waals surface area contributed by atoms with Gasteiger partial charge in [0.15, 0.2) is 0 Å². The standard InChI is InChI=1S/C63H43N.C58H41N/c1-4-18-44(19-5-1)45-32-36-48(37-33-45)63(59-30-16-14-24-53(59)54-25-15-17-31-60(54)63)49-38-42-52(43-39-49)64(50-22-8-3-9-23-50)51-40-34-47(35-41-51)62-57-28-12-10-26-55(57)61(46-20-6-2-7-21-46)56-27-11-13-29-58(56)62;1-40-28-32-43(33-29-40)58(54-26-14-12-20-48(54)49-21-13-15-27-55(49)58)44-34-38-47(39-35-44)59(45-18-6-3-7-19-45)46-36-30-42(31-37-46)57-52-24-10-8-22-50(52)56(41-16-4-2-5-17-41)51-23-9-11-25-53(51)57/h1-43H;2-39H,1H3. The van der Waals surface area contributed by atoms with E-state index in [1.54, 1.807) is 0 Å². The molecule has 2 aliphatic carbocycles. The molecule has 21 aromatic carbocycles. The maximum Gasteiger partial charge on any atom is 0.0713 e. The molecule has 23 rings (SSSR count). The lowest BCUT2D eigenvalue weighted by Crippen LogP contribution is -2.28. The Bertz CT molecular complexity index is 7270. The van der Waals surface area contributed by atoms with Crippen LogP contribution in [0.2, 0.25) is 0 Å². The Morgan fingerprint density at radius 3 is 0.602 bits per heavy atom. The molecule has 0 fully saturated rings. The second kappa shape index (κ2) is 31.2. The minimum absolute atomic E-state index is 0.444. The number of para-hydroxylation sites is 2. The summed E-state index contributed by atoms with van der Waals surface area (Å²) in [5, 5.41) is 10.1. The van der Waals surface area contributed by atoms with Gasteiger partial charge in [0.1, 0.15) is 0 Å². The molecule has 0 aromatic heterocycles. The molecule has 0 N–H and O–H groups in total. The third-order valence-electron chi connectivity index (χ3n) is 25.8. The monoisotopic (exact) mass is 1560 g/mol. The number of benzene rings is 21. The lowest BCUT2D eigenvalue weighted by Gasteiger charge is -2.34. The molecule has 0 aliphatic heterocycles. The van der Waals surface area contributed by atoms with Crippen molar-refractivity contribution in [1.82, 2.24) is 0 Å². The molecule has 0 saturated carbocycles. The van der Waals surface area contributed by atoms with Crippen molar-refractivity contribution in [2.45, 2.75) is 17.8 Å². The summed E-state index contributed by atoms with van der Waals surface area (Å²) in [5.74, 6) is 0. The molecule has 0 heterocycles. The van der Waals surface area contributed by atoms with E-state index in [2.05, 4.69) is 508 Å². The summed E-state index contributed by atoms with van der Waals surface area (Å²) >= 11 is 0. The normalized spacial score (nSPS) is 12.6. The summed E-state index contributed by atoms with van der Waals surface area (Å²) in [4.78, 5) is 4.75. The van der Waals surface area contributed by atoms with Gasteiger partial charge >= 0.3 is 0 Å². The predicted molar refractivity (Wildman–Crippen MR) is 519 cm³/mol.